The van der Waals surface area contributed by atoms with Crippen LogP contribution in [-0.2, 0) is 0 Å². The molecule has 8 heteroatoms. The fourth-order valence-electron chi connectivity index (χ4n) is 1.76. The number of amides is 1. The number of nitrogens with zero attached hydrogens (tertiary/aromatic N) is 1. The molecule has 1 rings (SSSR count). The highest BCUT2D eigenvalue weighted by Gasteiger charge is 2.18. The van der Waals surface area contributed by atoms with E-state index in [2.05, 4.69) is 5.32 Å². The minimum Gasteiger partial charge on any atom is -0.348 e. The number of hydrogen-bond acceptors (Lipinski definition) is 4. The quantitative estimate of drug-likeness (QED) is 0.595. The van der Waals surface area contributed by atoms with Crippen molar-refractivity contribution in [2.45, 2.75) is 32.2 Å². The third-order valence-corrected chi connectivity index (χ3v) is 2.93. The van der Waals surface area contributed by atoms with Crippen molar-refractivity contribution >= 4 is 24.0 Å². The van der Waals surface area contributed by atoms with Gasteiger partial charge in [-0.1, -0.05) is 19.8 Å². The van der Waals surface area contributed by atoms with E-state index in [0.29, 0.717) is 6.42 Å². The summed E-state index contributed by atoms with van der Waals surface area (Å²) in [4.78, 5) is 21.7. The van der Waals surface area contributed by atoms with Crippen molar-refractivity contribution in [1.82, 2.24) is 5.32 Å². The molecule has 1 unspecified atom stereocenters. The Balaban J connectivity index is 0.00000400. The van der Waals surface area contributed by atoms with E-state index in [-0.39, 0.29) is 36.2 Å². The summed E-state index contributed by atoms with van der Waals surface area (Å²) in [5, 5.41) is 13.1. The van der Waals surface area contributed by atoms with Gasteiger partial charge in [0.25, 0.3) is 11.6 Å². The lowest BCUT2D eigenvalue weighted by Gasteiger charge is -2.16. The molecule has 1 amide bonds. The molecule has 0 radical (unpaired) electrons. The van der Waals surface area contributed by atoms with Gasteiger partial charge < -0.3 is 11.1 Å². The van der Waals surface area contributed by atoms with Crippen LogP contribution in [0, 0.1) is 15.9 Å². The first-order valence-electron chi connectivity index (χ1n) is 6.44. The zero-order valence-corrected chi connectivity index (χ0v) is 12.5. The number of halogens is 2. The molecule has 0 aliphatic heterocycles. The van der Waals surface area contributed by atoms with E-state index in [1.54, 1.807) is 0 Å². The molecule has 0 saturated heterocycles. The molecular weight excluding hydrogens is 301 g/mol. The Kier molecular flexibility index (Phi) is 8.49. The van der Waals surface area contributed by atoms with Crippen molar-refractivity contribution in [3.63, 3.8) is 0 Å². The summed E-state index contributed by atoms with van der Waals surface area (Å²) in [6, 6.07) is 2.72. The van der Waals surface area contributed by atoms with Crippen molar-refractivity contribution < 1.29 is 14.1 Å². The monoisotopic (exact) mass is 319 g/mol. The Bertz CT molecular complexity index is 500. The lowest BCUT2D eigenvalue weighted by atomic mass is 10.1. The average molecular weight is 320 g/mol. The van der Waals surface area contributed by atoms with Gasteiger partial charge in [0.15, 0.2) is 0 Å². The lowest BCUT2D eigenvalue weighted by molar-refractivity contribution is -0.385. The van der Waals surface area contributed by atoms with E-state index in [0.717, 1.165) is 31.0 Å². The predicted octanol–water partition coefficient (Wildman–Crippen LogP) is 2.40. The van der Waals surface area contributed by atoms with Gasteiger partial charge in [-0.3, -0.25) is 14.9 Å². The molecule has 0 spiro atoms. The molecule has 0 bridgehead atoms. The summed E-state index contributed by atoms with van der Waals surface area (Å²) in [6.07, 6.45) is 2.59. The maximum Gasteiger partial charge on any atom is 0.272 e. The summed E-state index contributed by atoms with van der Waals surface area (Å²) < 4.78 is 13.7. The molecule has 118 valence electrons. The number of rotatable bonds is 7. The van der Waals surface area contributed by atoms with Crippen LogP contribution in [0.4, 0.5) is 10.1 Å². The van der Waals surface area contributed by atoms with Gasteiger partial charge in [0.1, 0.15) is 5.82 Å². The van der Waals surface area contributed by atoms with E-state index < -0.39 is 16.6 Å². The van der Waals surface area contributed by atoms with Crippen LogP contribution in [-0.4, -0.2) is 23.4 Å². The third-order valence-electron chi connectivity index (χ3n) is 2.93. The molecule has 0 aromatic heterocycles. The number of nitrogens with two attached hydrogens (primary N) is 1. The van der Waals surface area contributed by atoms with Gasteiger partial charge in [0, 0.05) is 18.7 Å². The van der Waals surface area contributed by atoms with E-state index in [4.69, 9.17) is 5.73 Å². The Morgan fingerprint density at radius 3 is 2.67 bits per heavy atom. The van der Waals surface area contributed by atoms with Crippen LogP contribution < -0.4 is 11.1 Å². The van der Waals surface area contributed by atoms with Crippen LogP contribution in [0.3, 0.4) is 0 Å². The molecule has 0 aliphatic carbocycles. The van der Waals surface area contributed by atoms with Crippen LogP contribution in [0.15, 0.2) is 18.2 Å². The largest absolute Gasteiger partial charge is 0.348 e. The first kappa shape index (κ1) is 19.3. The predicted molar refractivity (Wildman–Crippen MR) is 80.1 cm³/mol. The highest BCUT2D eigenvalue weighted by molar-refractivity contribution is 5.94. The molecule has 1 atom stereocenters. The Labute approximate surface area is 128 Å². The van der Waals surface area contributed by atoms with E-state index in [1.165, 1.54) is 0 Å². The fourth-order valence-corrected chi connectivity index (χ4v) is 1.76. The van der Waals surface area contributed by atoms with Gasteiger partial charge in [0.2, 0.25) is 0 Å². The zero-order chi connectivity index (χ0) is 15.1. The number of unbranched alkanes of at least 4 members (excludes halogenated alkanes) is 1. The van der Waals surface area contributed by atoms with Gasteiger partial charge >= 0.3 is 0 Å². The number of hydrogen-bond donors (Lipinski definition) is 2. The number of carbonyl (C=O) groups excluding carboxylic acids is 1. The zero-order valence-electron chi connectivity index (χ0n) is 11.7. The minimum absolute atomic E-state index is 0. The molecule has 0 aliphatic rings. The SMILES string of the molecule is CCCCC(CN)NC(=O)c1ccc([N+](=O)[O-])cc1F.Cl. The maximum atomic E-state index is 13.7. The highest BCUT2D eigenvalue weighted by atomic mass is 35.5. The normalized spacial score (nSPS) is 11.4. The Hall–Kier alpha value is -1.73. The smallest absolute Gasteiger partial charge is 0.272 e. The second-order valence-electron chi connectivity index (χ2n) is 4.47. The van der Waals surface area contributed by atoms with Gasteiger partial charge in [0.05, 0.1) is 16.6 Å². The fraction of sp³-hybridized carbons (Fsp3) is 0.462. The van der Waals surface area contributed by atoms with Crippen molar-refractivity contribution in [3.05, 3.63) is 39.7 Å². The second kappa shape index (κ2) is 9.25. The van der Waals surface area contributed by atoms with Crippen LogP contribution in [0.1, 0.15) is 36.5 Å². The second-order valence-corrected chi connectivity index (χ2v) is 4.47. The maximum absolute atomic E-state index is 13.7. The highest BCUT2D eigenvalue weighted by Crippen LogP contribution is 2.16. The van der Waals surface area contributed by atoms with Crippen molar-refractivity contribution in [2.75, 3.05) is 6.54 Å². The van der Waals surface area contributed by atoms with E-state index in [9.17, 15) is 19.3 Å². The molecule has 0 saturated carbocycles. The van der Waals surface area contributed by atoms with Crippen LogP contribution in [0.5, 0.6) is 0 Å². The topological polar surface area (TPSA) is 98.3 Å². The van der Waals surface area contributed by atoms with Gasteiger partial charge in [-0.15, -0.1) is 12.4 Å². The first-order valence-corrected chi connectivity index (χ1v) is 6.44. The molecular formula is C13H19ClFN3O3. The molecule has 0 fully saturated rings. The standard InChI is InChI=1S/C13H18FN3O3.ClH/c1-2-3-4-9(8-15)16-13(18)11-6-5-10(17(19)20)7-12(11)14;/h5-7,9H,2-4,8,15H2,1H3,(H,16,18);1H. The van der Waals surface area contributed by atoms with Crippen molar-refractivity contribution in [2.24, 2.45) is 5.73 Å². The molecule has 3 N–H and O–H groups in total. The van der Waals surface area contributed by atoms with Crippen LogP contribution in [0.25, 0.3) is 0 Å². The number of non-ortho nitro benzene ring substituents is 1. The van der Waals surface area contributed by atoms with Crippen LogP contribution in [0.2, 0.25) is 0 Å². The summed E-state index contributed by atoms with van der Waals surface area (Å²) in [5.41, 5.74) is 4.94. The molecule has 6 nitrogen and oxygen atoms in total. The van der Waals surface area contributed by atoms with Crippen molar-refractivity contribution in [3.8, 4) is 0 Å². The minimum atomic E-state index is -0.914. The van der Waals surface area contributed by atoms with E-state index in [1.807, 2.05) is 6.92 Å². The number of benzene rings is 1. The molecule has 21 heavy (non-hydrogen) atoms. The van der Waals surface area contributed by atoms with Gasteiger partial charge in [-0.2, -0.15) is 0 Å². The van der Waals surface area contributed by atoms with E-state index >= 15 is 0 Å². The number of nitro groups is 1. The number of nitro benzene ring substituents is 1. The Morgan fingerprint density at radius 1 is 1.52 bits per heavy atom. The number of nitrogens with one attached hydrogen (secondary N) is 1. The summed E-state index contributed by atoms with van der Waals surface area (Å²) in [7, 11) is 0. The lowest BCUT2D eigenvalue weighted by Crippen LogP contribution is -2.40. The van der Waals surface area contributed by atoms with Gasteiger partial charge in [-0.25, -0.2) is 4.39 Å². The van der Waals surface area contributed by atoms with Gasteiger partial charge in [-0.05, 0) is 12.5 Å². The summed E-state index contributed by atoms with van der Waals surface area (Å²) in [6.45, 7) is 2.28. The average Bonchev–Trinajstić information content (AvgIpc) is 2.42. The van der Waals surface area contributed by atoms with Crippen molar-refractivity contribution in [1.29, 1.82) is 0 Å². The first-order chi connectivity index (χ1) is 9.49. The summed E-state index contributed by atoms with van der Waals surface area (Å²) >= 11 is 0. The van der Waals surface area contributed by atoms with Crippen LogP contribution >= 0.6 is 12.4 Å². The molecule has 1 aromatic carbocycles. The molecule has 1 aromatic rings. The molecule has 0 heterocycles. The Morgan fingerprint density at radius 2 is 2.19 bits per heavy atom. The summed E-state index contributed by atoms with van der Waals surface area (Å²) in [5.74, 6) is -1.52. The third kappa shape index (κ3) is 5.65. The number of carbonyl (C=O) groups is 1.